The van der Waals surface area contributed by atoms with Gasteiger partial charge >= 0.3 is 0 Å². The highest BCUT2D eigenvalue weighted by Crippen LogP contribution is 2.37. The molecule has 152 valence electrons. The lowest BCUT2D eigenvalue weighted by Crippen LogP contribution is -2.24. The minimum atomic E-state index is 0.00613. The minimum Gasteiger partial charge on any atom is -0.351 e. The zero-order chi connectivity index (χ0) is 20.2. The monoisotopic (exact) mass is 426 g/mol. The van der Waals surface area contributed by atoms with Gasteiger partial charge in [0.05, 0.1) is 5.75 Å². The Morgan fingerprint density at radius 3 is 2.79 bits per heavy atom. The molecule has 4 rings (SSSR count). The van der Waals surface area contributed by atoms with Crippen molar-refractivity contribution in [1.82, 2.24) is 20.1 Å². The highest BCUT2D eigenvalue weighted by Gasteiger charge is 2.23. The van der Waals surface area contributed by atoms with Gasteiger partial charge in [0, 0.05) is 28.4 Å². The van der Waals surface area contributed by atoms with Crippen molar-refractivity contribution in [2.45, 2.75) is 57.3 Å². The van der Waals surface area contributed by atoms with Crippen molar-refractivity contribution in [3.8, 4) is 11.4 Å². The number of fused-ring (bicyclic) bond motifs is 1. The van der Waals surface area contributed by atoms with Crippen LogP contribution in [0.15, 0.2) is 40.9 Å². The topological polar surface area (TPSA) is 59.8 Å². The van der Waals surface area contributed by atoms with E-state index < -0.39 is 0 Å². The molecule has 1 aliphatic rings. The molecule has 1 aromatic carbocycles. The first-order chi connectivity index (χ1) is 14.1. The summed E-state index contributed by atoms with van der Waals surface area (Å²) in [5, 5.41) is 15.0. The lowest BCUT2D eigenvalue weighted by molar-refractivity contribution is -0.118. The molecule has 29 heavy (non-hydrogen) atoms. The van der Waals surface area contributed by atoms with Crippen molar-refractivity contribution in [3.05, 3.63) is 51.7 Å². The Hall–Kier alpha value is -2.12. The molecule has 0 unspecified atom stereocenters. The number of nitrogens with zero attached hydrogens (tertiary/aromatic N) is 3. The minimum absolute atomic E-state index is 0.00613. The summed E-state index contributed by atoms with van der Waals surface area (Å²) in [5.74, 6) is 1.28. The van der Waals surface area contributed by atoms with Crippen LogP contribution in [-0.2, 0) is 24.2 Å². The molecule has 0 saturated heterocycles. The third-order valence-corrected chi connectivity index (χ3v) is 7.18. The van der Waals surface area contributed by atoms with Gasteiger partial charge in [0.2, 0.25) is 5.91 Å². The molecular weight excluding hydrogens is 400 g/mol. The van der Waals surface area contributed by atoms with Crippen molar-refractivity contribution < 1.29 is 4.79 Å². The summed E-state index contributed by atoms with van der Waals surface area (Å²) in [6, 6.07) is 10.2. The molecule has 5 nitrogen and oxygen atoms in total. The van der Waals surface area contributed by atoms with Gasteiger partial charge in [-0.3, -0.25) is 9.36 Å². The van der Waals surface area contributed by atoms with Gasteiger partial charge in [-0.25, -0.2) is 0 Å². The number of nitrogens with one attached hydrogen (secondary N) is 1. The lowest BCUT2D eigenvalue weighted by atomic mass is 9.95. The van der Waals surface area contributed by atoms with Crippen LogP contribution in [0.3, 0.4) is 0 Å². The van der Waals surface area contributed by atoms with Gasteiger partial charge in [-0.1, -0.05) is 42.1 Å². The number of carbonyl (C=O) groups is 1. The third-order valence-electron chi connectivity index (χ3n) is 5.15. The summed E-state index contributed by atoms with van der Waals surface area (Å²) in [5.41, 5.74) is 3.78. The van der Waals surface area contributed by atoms with Crippen LogP contribution in [0.5, 0.6) is 0 Å². The van der Waals surface area contributed by atoms with Crippen LogP contribution in [-0.4, -0.2) is 26.4 Å². The summed E-state index contributed by atoms with van der Waals surface area (Å²) in [6.07, 6.45) is 4.83. The van der Waals surface area contributed by atoms with Crippen molar-refractivity contribution >= 4 is 29.0 Å². The summed E-state index contributed by atoms with van der Waals surface area (Å²) >= 11 is 3.30. The zero-order valence-corrected chi connectivity index (χ0v) is 18.5. The predicted octanol–water partition coefficient (Wildman–Crippen LogP) is 4.87. The van der Waals surface area contributed by atoms with Gasteiger partial charge in [-0.15, -0.1) is 21.5 Å². The number of thiophene rings is 1. The maximum Gasteiger partial charge on any atom is 0.230 e. The fraction of sp³-hybridized carbons (Fsp3) is 0.409. The number of carbonyl (C=O) groups excluding carboxylic acids is 1. The molecule has 1 amide bonds. The first-order valence-corrected chi connectivity index (χ1v) is 12.0. The summed E-state index contributed by atoms with van der Waals surface area (Å²) < 4.78 is 2.17. The van der Waals surface area contributed by atoms with E-state index in [0.717, 1.165) is 23.0 Å². The molecule has 0 fully saturated rings. The van der Waals surface area contributed by atoms with Gasteiger partial charge in [0.15, 0.2) is 11.0 Å². The maximum absolute atomic E-state index is 12.3. The van der Waals surface area contributed by atoms with Crippen LogP contribution in [0, 0.1) is 0 Å². The van der Waals surface area contributed by atoms with Crippen molar-refractivity contribution in [1.29, 1.82) is 0 Å². The standard InChI is InChI=1S/C22H26N4OS2/c1-15(2)26-21(18-13-28-19-11-7-6-10-17(18)19)24-25-22(26)29-14-20(27)23-12-16-8-4-3-5-9-16/h3-5,8-9,13,15H,6-7,10-12,14H2,1-2H3,(H,23,27). The second-order valence-corrected chi connectivity index (χ2v) is 9.49. The van der Waals surface area contributed by atoms with E-state index in [1.165, 1.54) is 47.0 Å². The number of hydrogen-bond donors (Lipinski definition) is 1. The van der Waals surface area contributed by atoms with E-state index in [1.807, 2.05) is 41.7 Å². The van der Waals surface area contributed by atoms with Crippen LogP contribution in [0.2, 0.25) is 0 Å². The Morgan fingerprint density at radius 2 is 2.00 bits per heavy atom. The molecule has 2 aromatic heterocycles. The van der Waals surface area contributed by atoms with Crippen molar-refractivity contribution in [2.24, 2.45) is 0 Å². The molecule has 2 heterocycles. The molecule has 0 bridgehead atoms. The van der Waals surface area contributed by atoms with Gasteiger partial charge in [0.1, 0.15) is 0 Å². The molecule has 1 aliphatic carbocycles. The van der Waals surface area contributed by atoms with E-state index in [0.29, 0.717) is 12.3 Å². The number of rotatable bonds is 7. The van der Waals surface area contributed by atoms with E-state index in [4.69, 9.17) is 0 Å². The smallest absolute Gasteiger partial charge is 0.230 e. The Bertz CT molecular complexity index is 978. The van der Waals surface area contributed by atoms with Crippen LogP contribution < -0.4 is 5.32 Å². The Kier molecular flexibility index (Phi) is 6.35. The average molecular weight is 427 g/mol. The van der Waals surface area contributed by atoms with Crippen LogP contribution in [0.4, 0.5) is 0 Å². The van der Waals surface area contributed by atoms with E-state index in [9.17, 15) is 4.79 Å². The third kappa shape index (κ3) is 4.56. The highest BCUT2D eigenvalue weighted by molar-refractivity contribution is 7.99. The highest BCUT2D eigenvalue weighted by atomic mass is 32.2. The summed E-state index contributed by atoms with van der Waals surface area (Å²) in [7, 11) is 0. The predicted molar refractivity (Wildman–Crippen MR) is 119 cm³/mol. The number of aromatic nitrogens is 3. The van der Waals surface area contributed by atoms with E-state index in [2.05, 4.69) is 39.3 Å². The summed E-state index contributed by atoms with van der Waals surface area (Å²) in [4.78, 5) is 13.8. The SMILES string of the molecule is CC(C)n1c(SCC(=O)NCc2ccccc2)nnc1-c1csc2c1CCCC2. The van der Waals surface area contributed by atoms with E-state index >= 15 is 0 Å². The quantitative estimate of drug-likeness (QED) is 0.547. The Balaban J connectivity index is 1.46. The average Bonchev–Trinajstić information content (AvgIpc) is 3.35. The van der Waals surface area contributed by atoms with Crippen LogP contribution in [0.25, 0.3) is 11.4 Å². The maximum atomic E-state index is 12.3. The fourth-order valence-electron chi connectivity index (χ4n) is 3.68. The van der Waals surface area contributed by atoms with Gasteiger partial charge in [0.25, 0.3) is 0 Å². The largest absolute Gasteiger partial charge is 0.351 e. The van der Waals surface area contributed by atoms with E-state index in [-0.39, 0.29) is 11.9 Å². The molecular formula is C22H26N4OS2. The number of aryl methyl sites for hydroxylation is 1. The lowest BCUT2D eigenvalue weighted by Gasteiger charge is -2.16. The first kappa shape index (κ1) is 20.2. The summed E-state index contributed by atoms with van der Waals surface area (Å²) in [6.45, 7) is 4.83. The van der Waals surface area contributed by atoms with Gasteiger partial charge in [-0.05, 0) is 50.7 Å². The normalized spacial score (nSPS) is 13.5. The molecule has 7 heteroatoms. The second kappa shape index (κ2) is 9.13. The number of hydrogen-bond acceptors (Lipinski definition) is 5. The van der Waals surface area contributed by atoms with Gasteiger partial charge < -0.3 is 5.32 Å². The Morgan fingerprint density at radius 1 is 1.21 bits per heavy atom. The molecule has 0 atom stereocenters. The van der Waals surface area contributed by atoms with Crippen LogP contribution in [0.1, 0.15) is 48.7 Å². The molecule has 0 spiro atoms. The van der Waals surface area contributed by atoms with Crippen molar-refractivity contribution in [2.75, 3.05) is 5.75 Å². The number of benzene rings is 1. The first-order valence-electron chi connectivity index (χ1n) is 10.1. The second-order valence-electron chi connectivity index (χ2n) is 7.58. The molecule has 0 aliphatic heterocycles. The Labute approximate surface area is 179 Å². The molecule has 3 aromatic rings. The van der Waals surface area contributed by atoms with Crippen LogP contribution >= 0.6 is 23.1 Å². The van der Waals surface area contributed by atoms with Gasteiger partial charge in [-0.2, -0.15) is 0 Å². The number of amides is 1. The zero-order valence-electron chi connectivity index (χ0n) is 16.9. The molecule has 0 radical (unpaired) electrons. The molecule has 0 saturated carbocycles. The van der Waals surface area contributed by atoms with Crippen molar-refractivity contribution in [3.63, 3.8) is 0 Å². The van der Waals surface area contributed by atoms with E-state index in [1.54, 1.807) is 0 Å². The molecule has 1 N–H and O–H groups in total. The fourth-order valence-corrected chi connectivity index (χ4v) is 5.71. The number of thioether (sulfide) groups is 1.